The molecule has 1 N–H and O–H groups in total. The van der Waals surface area contributed by atoms with Crippen LogP contribution in [-0.2, 0) is 0 Å². The Hall–Kier alpha value is -1.79. The molecule has 0 saturated carbocycles. The van der Waals surface area contributed by atoms with Crippen molar-refractivity contribution in [3.63, 3.8) is 0 Å². The number of nitrogens with one attached hydrogen (secondary N) is 1. The van der Waals surface area contributed by atoms with Crippen LogP contribution in [0.4, 0.5) is 5.69 Å². The van der Waals surface area contributed by atoms with Crippen molar-refractivity contribution < 1.29 is 4.92 Å². The highest BCUT2D eigenvalue weighted by molar-refractivity contribution is 7.15. The first-order valence-electron chi connectivity index (χ1n) is 6.49. The summed E-state index contributed by atoms with van der Waals surface area (Å²) in [6.45, 7) is 6.94. The summed E-state index contributed by atoms with van der Waals surface area (Å²) in [6.07, 6.45) is 0. The van der Waals surface area contributed by atoms with Crippen LogP contribution >= 0.6 is 11.3 Å². The average Bonchev–Trinajstić information content (AvgIpc) is 2.81. The molecule has 0 radical (unpaired) electrons. The Balaban J connectivity index is 2.45. The topological polar surface area (TPSA) is 68.1 Å². The van der Waals surface area contributed by atoms with Gasteiger partial charge in [-0.25, -0.2) is 4.98 Å². The molecule has 0 aliphatic carbocycles. The molecular weight excluding hydrogens is 274 g/mol. The lowest BCUT2D eigenvalue weighted by Gasteiger charge is -2.09. The first-order valence-corrected chi connectivity index (χ1v) is 7.30. The van der Waals surface area contributed by atoms with E-state index in [-0.39, 0.29) is 16.7 Å². The summed E-state index contributed by atoms with van der Waals surface area (Å²) in [6, 6.07) is 6.93. The number of hydrogen-bond donors (Lipinski definition) is 1. The van der Waals surface area contributed by atoms with Gasteiger partial charge in [0.05, 0.1) is 16.2 Å². The van der Waals surface area contributed by atoms with Crippen molar-refractivity contribution in [1.29, 1.82) is 0 Å². The van der Waals surface area contributed by atoms with Gasteiger partial charge in [0.15, 0.2) is 0 Å². The van der Waals surface area contributed by atoms with E-state index in [1.54, 1.807) is 18.2 Å². The standard InChI is InChI=1S/C14H17N3O2S/c1-4-15-9(2)13-10(3)16-14(20-13)11-7-5-6-8-12(11)17(18)19/h5-9,15H,4H2,1-3H3. The molecule has 1 heterocycles. The van der Waals surface area contributed by atoms with Crippen molar-refractivity contribution in [2.24, 2.45) is 0 Å². The third-order valence-corrected chi connectivity index (χ3v) is 4.44. The zero-order valence-corrected chi connectivity index (χ0v) is 12.5. The van der Waals surface area contributed by atoms with Gasteiger partial charge < -0.3 is 5.32 Å². The molecular formula is C14H17N3O2S. The van der Waals surface area contributed by atoms with Crippen LogP contribution < -0.4 is 5.32 Å². The first-order chi connectivity index (χ1) is 9.54. The molecule has 1 aromatic heterocycles. The molecule has 0 aliphatic rings. The van der Waals surface area contributed by atoms with Crippen molar-refractivity contribution in [2.75, 3.05) is 6.54 Å². The van der Waals surface area contributed by atoms with Gasteiger partial charge >= 0.3 is 0 Å². The van der Waals surface area contributed by atoms with Crippen LogP contribution in [0, 0.1) is 17.0 Å². The number of aromatic nitrogens is 1. The second-order valence-corrected chi connectivity index (χ2v) is 5.55. The minimum absolute atomic E-state index is 0.101. The van der Waals surface area contributed by atoms with Crippen LogP contribution in [-0.4, -0.2) is 16.5 Å². The lowest BCUT2D eigenvalue weighted by molar-refractivity contribution is -0.384. The number of hydrogen-bond acceptors (Lipinski definition) is 5. The number of aryl methyl sites for hydroxylation is 1. The molecule has 20 heavy (non-hydrogen) atoms. The quantitative estimate of drug-likeness (QED) is 0.673. The van der Waals surface area contributed by atoms with Gasteiger partial charge in [-0.3, -0.25) is 10.1 Å². The van der Waals surface area contributed by atoms with E-state index >= 15 is 0 Å². The lowest BCUT2D eigenvalue weighted by atomic mass is 10.2. The van der Waals surface area contributed by atoms with Crippen molar-refractivity contribution >= 4 is 17.0 Å². The first kappa shape index (κ1) is 14.6. The lowest BCUT2D eigenvalue weighted by Crippen LogP contribution is -2.17. The average molecular weight is 291 g/mol. The molecule has 1 aromatic carbocycles. The normalized spacial score (nSPS) is 12.3. The summed E-state index contributed by atoms with van der Waals surface area (Å²) in [7, 11) is 0. The molecule has 2 rings (SSSR count). The molecule has 2 aromatic rings. The van der Waals surface area contributed by atoms with Gasteiger partial charge in [-0.2, -0.15) is 0 Å². The zero-order chi connectivity index (χ0) is 14.7. The van der Waals surface area contributed by atoms with Crippen LogP contribution in [0.1, 0.15) is 30.5 Å². The summed E-state index contributed by atoms with van der Waals surface area (Å²) in [5.74, 6) is 0. The molecule has 0 spiro atoms. The van der Waals surface area contributed by atoms with E-state index in [1.165, 1.54) is 17.4 Å². The van der Waals surface area contributed by atoms with Gasteiger partial charge in [0.1, 0.15) is 5.01 Å². The summed E-state index contributed by atoms with van der Waals surface area (Å²) in [5.41, 5.74) is 1.61. The Morgan fingerprint density at radius 3 is 2.80 bits per heavy atom. The van der Waals surface area contributed by atoms with Gasteiger partial charge in [-0.1, -0.05) is 19.1 Å². The van der Waals surface area contributed by atoms with E-state index in [9.17, 15) is 10.1 Å². The van der Waals surface area contributed by atoms with Crippen LogP contribution in [0.15, 0.2) is 24.3 Å². The summed E-state index contributed by atoms with van der Waals surface area (Å²) < 4.78 is 0. The highest BCUT2D eigenvalue weighted by atomic mass is 32.1. The van der Waals surface area contributed by atoms with Crippen molar-refractivity contribution in [1.82, 2.24) is 10.3 Å². The van der Waals surface area contributed by atoms with E-state index < -0.39 is 0 Å². The van der Waals surface area contributed by atoms with Crippen LogP contribution in [0.3, 0.4) is 0 Å². The molecule has 1 atom stereocenters. The number of rotatable bonds is 5. The molecule has 5 nitrogen and oxygen atoms in total. The summed E-state index contributed by atoms with van der Waals surface area (Å²) >= 11 is 1.51. The molecule has 0 aliphatic heterocycles. The maximum absolute atomic E-state index is 11.1. The van der Waals surface area contributed by atoms with Gasteiger partial charge in [0.2, 0.25) is 0 Å². The Morgan fingerprint density at radius 2 is 2.15 bits per heavy atom. The predicted octanol–water partition coefficient (Wildman–Crippen LogP) is 3.70. The maximum Gasteiger partial charge on any atom is 0.279 e. The number of nitrogens with zero attached hydrogens (tertiary/aromatic N) is 2. The Bertz CT molecular complexity index is 625. The Labute approximate surface area is 121 Å². The van der Waals surface area contributed by atoms with Crippen LogP contribution in [0.5, 0.6) is 0 Å². The number of benzene rings is 1. The fourth-order valence-corrected chi connectivity index (χ4v) is 3.26. The van der Waals surface area contributed by atoms with Crippen LogP contribution in [0.25, 0.3) is 10.6 Å². The second-order valence-electron chi connectivity index (χ2n) is 4.52. The van der Waals surface area contributed by atoms with Gasteiger partial charge in [0.25, 0.3) is 5.69 Å². The maximum atomic E-state index is 11.1. The van der Waals surface area contributed by atoms with Gasteiger partial charge in [0, 0.05) is 17.0 Å². The number of para-hydroxylation sites is 1. The summed E-state index contributed by atoms with van der Waals surface area (Å²) in [4.78, 5) is 16.4. The van der Waals surface area contributed by atoms with Crippen molar-refractivity contribution in [3.8, 4) is 10.6 Å². The SMILES string of the molecule is CCNC(C)c1sc(-c2ccccc2[N+](=O)[O-])nc1C. The molecule has 1 unspecified atom stereocenters. The largest absolute Gasteiger partial charge is 0.310 e. The van der Waals surface area contributed by atoms with E-state index in [4.69, 9.17) is 0 Å². The fourth-order valence-electron chi connectivity index (χ4n) is 2.14. The van der Waals surface area contributed by atoms with Gasteiger partial charge in [-0.15, -0.1) is 11.3 Å². The Morgan fingerprint density at radius 1 is 1.45 bits per heavy atom. The van der Waals surface area contributed by atoms with Crippen molar-refractivity contribution in [3.05, 3.63) is 45.0 Å². The molecule has 0 saturated heterocycles. The minimum atomic E-state index is -0.362. The van der Waals surface area contributed by atoms with E-state index in [0.717, 1.165) is 17.1 Å². The van der Waals surface area contributed by atoms with E-state index in [1.807, 2.05) is 6.92 Å². The minimum Gasteiger partial charge on any atom is -0.310 e. The zero-order valence-electron chi connectivity index (χ0n) is 11.7. The smallest absolute Gasteiger partial charge is 0.279 e. The van der Waals surface area contributed by atoms with Crippen molar-refractivity contribution in [2.45, 2.75) is 26.8 Å². The molecule has 0 amide bonds. The molecule has 0 bridgehead atoms. The molecule has 6 heteroatoms. The number of nitro benzene ring substituents is 1. The number of thiazole rings is 1. The Kier molecular flexibility index (Phi) is 4.46. The van der Waals surface area contributed by atoms with E-state index in [2.05, 4.69) is 24.1 Å². The molecule has 106 valence electrons. The fraction of sp³-hybridized carbons (Fsp3) is 0.357. The van der Waals surface area contributed by atoms with E-state index in [0.29, 0.717) is 10.6 Å². The second kappa shape index (κ2) is 6.11. The van der Waals surface area contributed by atoms with Gasteiger partial charge in [-0.05, 0) is 26.5 Å². The predicted molar refractivity (Wildman–Crippen MR) is 81.0 cm³/mol. The number of nitro groups is 1. The summed E-state index contributed by atoms with van der Waals surface area (Å²) in [5, 5.41) is 15.1. The molecule has 0 fully saturated rings. The third-order valence-electron chi connectivity index (χ3n) is 3.07. The highest BCUT2D eigenvalue weighted by Crippen LogP contribution is 2.36. The third kappa shape index (κ3) is 2.86. The van der Waals surface area contributed by atoms with Crippen LogP contribution in [0.2, 0.25) is 0 Å². The monoisotopic (exact) mass is 291 g/mol. The highest BCUT2D eigenvalue weighted by Gasteiger charge is 2.20.